The molecule has 0 radical (unpaired) electrons. The Kier molecular flexibility index (Phi) is 6.32. The predicted molar refractivity (Wildman–Crippen MR) is 136 cm³/mol. The molecule has 182 valence electrons. The van der Waals surface area contributed by atoms with E-state index in [0.717, 1.165) is 47.2 Å². The van der Waals surface area contributed by atoms with Crippen LogP contribution in [0, 0.1) is 0 Å². The van der Waals surface area contributed by atoms with Gasteiger partial charge in [-0.25, -0.2) is 4.98 Å². The second-order valence-corrected chi connectivity index (χ2v) is 10.1. The maximum Gasteiger partial charge on any atom is 0.257 e. The molecule has 2 aliphatic rings. The van der Waals surface area contributed by atoms with Crippen LogP contribution < -0.4 is 10.9 Å². The summed E-state index contributed by atoms with van der Waals surface area (Å²) >= 11 is 0. The number of nitrogens with one attached hydrogen (secondary N) is 1. The zero-order valence-corrected chi connectivity index (χ0v) is 20.7. The highest BCUT2D eigenvalue weighted by Crippen LogP contribution is 2.40. The number of hydrogen-bond donors (Lipinski definition) is 1. The molecule has 0 aliphatic heterocycles. The van der Waals surface area contributed by atoms with E-state index >= 15 is 0 Å². The Morgan fingerprint density at radius 1 is 1.14 bits per heavy atom. The van der Waals surface area contributed by atoms with Crippen LogP contribution in [0.15, 0.2) is 65.7 Å². The first-order valence-electron chi connectivity index (χ1n) is 12.5. The SMILES string of the molecule is COC1(C(=O)NC2CCc3ncn(C(C)C)c(=O)c3C2Cc2cccc(-c3ccccc3)c2)CC1. The molecule has 0 spiro atoms. The molecule has 3 aromatic rings. The van der Waals surface area contributed by atoms with E-state index in [-0.39, 0.29) is 29.5 Å². The molecule has 0 saturated heterocycles. The lowest BCUT2D eigenvalue weighted by Gasteiger charge is -2.34. The van der Waals surface area contributed by atoms with Crippen molar-refractivity contribution >= 4 is 5.91 Å². The van der Waals surface area contributed by atoms with Gasteiger partial charge in [0.15, 0.2) is 0 Å². The third-order valence-corrected chi connectivity index (χ3v) is 7.53. The molecule has 1 fully saturated rings. The standard InChI is InChI=1S/C29H33N3O3/c1-19(2)32-18-30-25-13-12-24(31-28(34)29(35-3)14-15-29)23(26(25)27(32)33)17-20-8-7-11-22(16-20)21-9-5-4-6-10-21/h4-11,16,18-19,23-24H,12-15,17H2,1-3H3,(H,31,34). The van der Waals surface area contributed by atoms with Crippen molar-refractivity contribution in [3.63, 3.8) is 0 Å². The van der Waals surface area contributed by atoms with Crippen LogP contribution in [0.25, 0.3) is 11.1 Å². The van der Waals surface area contributed by atoms with Crippen molar-refractivity contribution in [2.45, 2.75) is 69.6 Å². The van der Waals surface area contributed by atoms with E-state index in [2.05, 4.69) is 46.7 Å². The lowest BCUT2D eigenvalue weighted by molar-refractivity contribution is -0.134. The Labute approximate surface area is 206 Å². The van der Waals surface area contributed by atoms with Crippen LogP contribution in [0.3, 0.4) is 0 Å². The Balaban J connectivity index is 1.53. The summed E-state index contributed by atoms with van der Waals surface area (Å²) in [6.45, 7) is 3.98. The quantitative estimate of drug-likeness (QED) is 0.553. The van der Waals surface area contributed by atoms with Crippen LogP contribution in [-0.2, 0) is 22.4 Å². The van der Waals surface area contributed by atoms with Gasteiger partial charge in [0.05, 0.1) is 12.0 Å². The van der Waals surface area contributed by atoms with Gasteiger partial charge in [-0.05, 0) is 62.6 Å². The van der Waals surface area contributed by atoms with Crippen molar-refractivity contribution in [2.75, 3.05) is 7.11 Å². The summed E-state index contributed by atoms with van der Waals surface area (Å²) in [7, 11) is 1.60. The number of benzene rings is 2. The second-order valence-electron chi connectivity index (χ2n) is 10.1. The van der Waals surface area contributed by atoms with Gasteiger partial charge in [-0.2, -0.15) is 0 Å². The molecular formula is C29H33N3O3. The number of aromatic nitrogens is 2. The minimum Gasteiger partial charge on any atom is -0.368 e. The van der Waals surface area contributed by atoms with E-state index in [1.807, 2.05) is 32.0 Å². The van der Waals surface area contributed by atoms with Gasteiger partial charge in [-0.3, -0.25) is 14.2 Å². The highest BCUT2D eigenvalue weighted by molar-refractivity contribution is 5.88. The van der Waals surface area contributed by atoms with Gasteiger partial charge < -0.3 is 10.1 Å². The molecule has 2 unspecified atom stereocenters. The van der Waals surface area contributed by atoms with Crippen molar-refractivity contribution in [3.05, 3.63) is 88.1 Å². The molecule has 2 aromatic carbocycles. The summed E-state index contributed by atoms with van der Waals surface area (Å²) in [5.41, 5.74) is 4.33. The fourth-order valence-corrected chi connectivity index (χ4v) is 5.27. The first-order valence-corrected chi connectivity index (χ1v) is 12.5. The lowest BCUT2D eigenvalue weighted by atomic mass is 9.78. The molecule has 1 N–H and O–H groups in total. The van der Waals surface area contributed by atoms with E-state index in [9.17, 15) is 9.59 Å². The monoisotopic (exact) mass is 471 g/mol. The zero-order chi connectivity index (χ0) is 24.6. The maximum absolute atomic E-state index is 13.6. The molecule has 6 heteroatoms. The van der Waals surface area contributed by atoms with Crippen LogP contribution in [0.4, 0.5) is 0 Å². The van der Waals surface area contributed by atoms with E-state index < -0.39 is 5.60 Å². The lowest BCUT2D eigenvalue weighted by Crippen LogP contribution is -2.49. The normalized spacial score (nSPS) is 20.3. The smallest absolute Gasteiger partial charge is 0.257 e. The van der Waals surface area contributed by atoms with Gasteiger partial charge in [-0.15, -0.1) is 0 Å². The number of carbonyl (C=O) groups is 1. The Bertz CT molecular complexity index is 1280. The highest BCUT2D eigenvalue weighted by Gasteiger charge is 2.51. The van der Waals surface area contributed by atoms with E-state index in [1.54, 1.807) is 18.0 Å². The fourth-order valence-electron chi connectivity index (χ4n) is 5.27. The number of fused-ring (bicyclic) bond motifs is 1. The maximum atomic E-state index is 13.6. The zero-order valence-electron chi connectivity index (χ0n) is 20.7. The highest BCUT2D eigenvalue weighted by atomic mass is 16.5. The van der Waals surface area contributed by atoms with Gasteiger partial charge in [0.1, 0.15) is 5.60 Å². The molecule has 2 aliphatic carbocycles. The van der Waals surface area contributed by atoms with E-state index in [4.69, 9.17) is 4.74 Å². The number of nitrogens with zero attached hydrogens (tertiary/aromatic N) is 2. The van der Waals surface area contributed by atoms with Crippen LogP contribution in [-0.4, -0.2) is 34.2 Å². The van der Waals surface area contributed by atoms with Crippen LogP contribution >= 0.6 is 0 Å². The molecule has 1 aromatic heterocycles. The third kappa shape index (κ3) is 4.55. The molecule has 5 rings (SSSR count). The van der Waals surface area contributed by atoms with Gasteiger partial charge in [0, 0.05) is 30.7 Å². The number of hydrogen-bond acceptors (Lipinski definition) is 4. The molecular weight excluding hydrogens is 438 g/mol. The Morgan fingerprint density at radius 2 is 1.89 bits per heavy atom. The second kappa shape index (κ2) is 9.42. The molecule has 0 bridgehead atoms. The first kappa shape index (κ1) is 23.5. The van der Waals surface area contributed by atoms with Crippen LogP contribution in [0.5, 0.6) is 0 Å². The Hall–Kier alpha value is -3.25. The molecule has 1 amide bonds. The first-order chi connectivity index (χ1) is 16.9. The van der Waals surface area contributed by atoms with Gasteiger partial charge in [0.2, 0.25) is 0 Å². The van der Waals surface area contributed by atoms with E-state index in [0.29, 0.717) is 12.8 Å². The number of rotatable bonds is 7. The van der Waals surface area contributed by atoms with Gasteiger partial charge in [0.25, 0.3) is 11.5 Å². The van der Waals surface area contributed by atoms with E-state index in [1.165, 1.54) is 0 Å². The minimum atomic E-state index is -0.703. The van der Waals surface area contributed by atoms with Crippen LogP contribution in [0.1, 0.15) is 61.9 Å². The summed E-state index contributed by atoms with van der Waals surface area (Å²) in [5.74, 6) is -0.225. The topological polar surface area (TPSA) is 73.2 Å². The van der Waals surface area contributed by atoms with Crippen molar-refractivity contribution in [2.24, 2.45) is 0 Å². The minimum absolute atomic E-state index is 0.000963. The van der Waals surface area contributed by atoms with Gasteiger partial charge in [-0.1, -0.05) is 54.6 Å². The third-order valence-electron chi connectivity index (χ3n) is 7.53. The largest absolute Gasteiger partial charge is 0.368 e. The number of carbonyl (C=O) groups excluding carboxylic acids is 1. The summed E-state index contributed by atoms with van der Waals surface area (Å²) in [6.07, 6.45) is 5.22. The van der Waals surface area contributed by atoms with Crippen LogP contribution in [0.2, 0.25) is 0 Å². The Morgan fingerprint density at radius 3 is 2.57 bits per heavy atom. The van der Waals surface area contributed by atoms with Crippen molar-refractivity contribution < 1.29 is 9.53 Å². The molecule has 6 nitrogen and oxygen atoms in total. The average Bonchev–Trinajstić information content (AvgIpc) is 3.67. The van der Waals surface area contributed by atoms with Gasteiger partial charge >= 0.3 is 0 Å². The number of methoxy groups -OCH3 is 1. The summed E-state index contributed by atoms with van der Waals surface area (Å²) in [6, 6.07) is 18.6. The molecule has 35 heavy (non-hydrogen) atoms. The van der Waals surface area contributed by atoms with Crippen molar-refractivity contribution in [3.8, 4) is 11.1 Å². The molecule has 1 heterocycles. The number of aryl methyl sites for hydroxylation is 1. The summed E-state index contributed by atoms with van der Waals surface area (Å²) in [4.78, 5) is 31.4. The summed E-state index contributed by atoms with van der Waals surface area (Å²) < 4.78 is 7.23. The average molecular weight is 472 g/mol. The predicted octanol–water partition coefficient (Wildman–Crippen LogP) is 4.43. The number of amides is 1. The van der Waals surface area contributed by atoms with Crippen molar-refractivity contribution in [1.29, 1.82) is 0 Å². The summed E-state index contributed by atoms with van der Waals surface area (Å²) in [5, 5.41) is 3.27. The molecule has 1 saturated carbocycles. The fraction of sp³-hybridized carbons (Fsp3) is 0.414. The van der Waals surface area contributed by atoms with Crippen molar-refractivity contribution in [1.82, 2.24) is 14.9 Å². The molecule has 2 atom stereocenters. The number of ether oxygens (including phenoxy) is 1.